The standard InChI is InChI=1S/C8H18N2O/c1-2-4-10-5-3-8(6-10)7-11-9/h8H,2-7,9H2,1H3. The second-order valence-corrected chi connectivity index (χ2v) is 3.29. The second kappa shape index (κ2) is 4.70. The molecule has 2 N–H and O–H groups in total. The molecule has 1 rings (SSSR count). The first-order valence-corrected chi connectivity index (χ1v) is 4.40. The van der Waals surface area contributed by atoms with Crippen molar-refractivity contribution < 1.29 is 4.84 Å². The molecule has 0 bridgehead atoms. The van der Waals surface area contributed by atoms with Gasteiger partial charge in [0.25, 0.3) is 0 Å². The Morgan fingerprint density at radius 2 is 2.45 bits per heavy atom. The zero-order valence-electron chi connectivity index (χ0n) is 7.25. The monoisotopic (exact) mass is 158 g/mol. The Balaban J connectivity index is 2.12. The van der Waals surface area contributed by atoms with Crippen LogP contribution in [0.1, 0.15) is 19.8 Å². The molecule has 0 radical (unpaired) electrons. The molecular weight excluding hydrogens is 140 g/mol. The van der Waals surface area contributed by atoms with Crippen molar-refractivity contribution in [1.29, 1.82) is 0 Å². The van der Waals surface area contributed by atoms with Gasteiger partial charge in [0, 0.05) is 6.54 Å². The lowest BCUT2D eigenvalue weighted by Crippen LogP contribution is -2.23. The fraction of sp³-hybridized carbons (Fsp3) is 1.00. The van der Waals surface area contributed by atoms with Crippen molar-refractivity contribution in [3.8, 4) is 0 Å². The molecule has 66 valence electrons. The minimum atomic E-state index is 0.673. The van der Waals surface area contributed by atoms with E-state index in [-0.39, 0.29) is 0 Å². The lowest BCUT2D eigenvalue weighted by molar-refractivity contribution is 0.103. The van der Waals surface area contributed by atoms with Crippen LogP contribution in [0.15, 0.2) is 0 Å². The molecule has 1 aliphatic rings. The van der Waals surface area contributed by atoms with Crippen LogP contribution < -0.4 is 5.90 Å². The van der Waals surface area contributed by atoms with Gasteiger partial charge in [0.1, 0.15) is 0 Å². The molecule has 0 aromatic rings. The summed E-state index contributed by atoms with van der Waals surface area (Å²) < 4.78 is 0. The van der Waals surface area contributed by atoms with Crippen molar-refractivity contribution in [3.05, 3.63) is 0 Å². The van der Waals surface area contributed by atoms with E-state index in [1.807, 2.05) is 0 Å². The predicted molar refractivity (Wildman–Crippen MR) is 45.0 cm³/mol. The Bertz CT molecular complexity index is 96.3. The highest BCUT2D eigenvalue weighted by atomic mass is 16.6. The van der Waals surface area contributed by atoms with E-state index >= 15 is 0 Å². The largest absolute Gasteiger partial charge is 0.304 e. The van der Waals surface area contributed by atoms with Gasteiger partial charge in [0.05, 0.1) is 6.61 Å². The fourth-order valence-corrected chi connectivity index (χ4v) is 1.70. The van der Waals surface area contributed by atoms with E-state index in [1.54, 1.807) is 0 Å². The van der Waals surface area contributed by atoms with Crippen LogP contribution in [0.2, 0.25) is 0 Å². The van der Waals surface area contributed by atoms with E-state index in [0.717, 1.165) is 6.61 Å². The summed E-state index contributed by atoms with van der Waals surface area (Å²) in [6, 6.07) is 0. The van der Waals surface area contributed by atoms with Crippen LogP contribution in [0.4, 0.5) is 0 Å². The SMILES string of the molecule is CCCN1CCC(CON)C1. The Morgan fingerprint density at radius 1 is 1.64 bits per heavy atom. The van der Waals surface area contributed by atoms with Gasteiger partial charge < -0.3 is 9.74 Å². The average molecular weight is 158 g/mol. The molecular formula is C8H18N2O. The summed E-state index contributed by atoms with van der Waals surface area (Å²) in [6.07, 6.45) is 2.49. The van der Waals surface area contributed by atoms with Crippen molar-refractivity contribution in [2.24, 2.45) is 11.8 Å². The molecule has 1 heterocycles. The maximum atomic E-state index is 5.01. The highest BCUT2D eigenvalue weighted by Gasteiger charge is 2.21. The molecule has 0 spiro atoms. The number of hydrogen-bond donors (Lipinski definition) is 1. The maximum absolute atomic E-state index is 5.01. The molecule has 0 aromatic heterocycles. The molecule has 0 amide bonds. The summed E-state index contributed by atoms with van der Waals surface area (Å²) >= 11 is 0. The number of rotatable bonds is 4. The quantitative estimate of drug-likeness (QED) is 0.609. The fourth-order valence-electron chi connectivity index (χ4n) is 1.70. The van der Waals surface area contributed by atoms with Crippen LogP contribution >= 0.6 is 0 Å². The Morgan fingerprint density at radius 3 is 3.09 bits per heavy atom. The van der Waals surface area contributed by atoms with Gasteiger partial charge in [-0.15, -0.1) is 0 Å². The summed E-state index contributed by atoms with van der Waals surface area (Å²) in [7, 11) is 0. The van der Waals surface area contributed by atoms with Crippen LogP contribution in [0.5, 0.6) is 0 Å². The van der Waals surface area contributed by atoms with Gasteiger partial charge in [0.15, 0.2) is 0 Å². The third-order valence-electron chi connectivity index (χ3n) is 2.24. The zero-order chi connectivity index (χ0) is 8.10. The van der Waals surface area contributed by atoms with Crippen LogP contribution in [0.25, 0.3) is 0 Å². The molecule has 0 aliphatic carbocycles. The van der Waals surface area contributed by atoms with Crippen LogP contribution in [0.3, 0.4) is 0 Å². The molecule has 0 saturated carbocycles. The molecule has 11 heavy (non-hydrogen) atoms. The van der Waals surface area contributed by atoms with Gasteiger partial charge in [-0.3, -0.25) is 0 Å². The number of likely N-dealkylation sites (tertiary alicyclic amines) is 1. The second-order valence-electron chi connectivity index (χ2n) is 3.29. The summed E-state index contributed by atoms with van der Waals surface area (Å²) in [5.74, 6) is 5.68. The van der Waals surface area contributed by atoms with Gasteiger partial charge in [-0.2, -0.15) is 0 Å². The number of hydrogen-bond acceptors (Lipinski definition) is 3. The van der Waals surface area contributed by atoms with Crippen molar-refractivity contribution in [2.45, 2.75) is 19.8 Å². The summed E-state index contributed by atoms with van der Waals surface area (Å²) in [5.41, 5.74) is 0. The minimum absolute atomic E-state index is 0.673. The van der Waals surface area contributed by atoms with E-state index in [2.05, 4.69) is 16.7 Å². The van der Waals surface area contributed by atoms with Crippen molar-refractivity contribution in [2.75, 3.05) is 26.2 Å². The van der Waals surface area contributed by atoms with Gasteiger partial charge in [0.2, 0.25) is 0 Å². The van der Waals surface area contributed by atoms with E-state index in [0.29, 0.717) is 5.92 Å². The molecule has 1 unspecified atom stereocenters. The predicted octanol–water partition coefficient (Wildman–Crippen LogP) is 0.609. The first kappa shape index (κ1) is 8.97. The zero-order valence-corrected chi connectivity index (χ0v) is 7.25. The van der Waals surface area contributed by atoms with E-state index in [4.69, 9.17) is 5.90 Å². The smallest absolute Gasteiger partial charge is 0.0720 e. The summed E-state index contributed by atoms with van der Waals surface area (Å²) in [4.78, 5) is 7.10. The van der Waals surface area contributed by atoms with Crippen LogP contribution in [-0.4, -0.2) is 31.1 Å². The molecule has 1 aliphatic heterocycles. The summed E-state index contributed by atoms with van der Waals surface area (Å²) in [6.45, 7) is 6.56. The summed E-state index contributed by atoms with van der Waals surface area (Å²) in [5, 5.41) is 0. The van der Waals surface area contributed by atoms with Gasteiger partial charge >= 0.3 is 0 Å². The molecule has 3 nitrogen and oxygen atoms in total. The van der Waals surface area contributed by atoms with E-state index < -0.39 is 0 Å². The average Bonchev–Trinajstić information content (AvgIpc) is 2.38. The number of nitrogens with two attached hydrogens (primary N) is 1. The van der Waals surface area contributed by atoms with Gasteiger partial charge in [-0.05, 0) is 31.8 Å². The third-order valence-corrected chi connectivity index (χ3v) is 2.24. The van der Waals surface area contributed by atoms with Gasteiger partial charge in [-0.25, -0.2) is 5.90 Å². The Kier molecular flexibility index (Phi) is 3.83. The van der Waals surface area contributed by atoms with Gasteiger partial charge in [-0.1, -0.05) is 6.92 Å². The highest BCUT2D eigenvalue weighted by molar-refractivity contribution is 4.74. The van der Waals surface area contributed by atoms with Crippen LogP contribution in [0, 0.1) is 5.92 Å². The Hall–Kier alpha value is -0.120. The number of nitrogens with zero attached hydrogens (tertiary/aromatic N) is 1. The molecule has 1 fully saturated rings. The van der Waals surface area contributed by atoms with E-state index in [9.17, 15) is 0 Å². The highest BCUT2D eigenvalue weighted by Crippen LogP contribution is 2.15. The van der Waals surface area contributed by atoms with Crippen LogP contribution in [-0.2, 0) is 4.84 Å². The van der Waals surface area contributed by atoms with Crippen molar-refractivity contribution in [1.82, 2.24) is 4.90 Å². The lowest BCUT2D eigenvalue weighted by Gasteiger charge is -2.13. The third kappa shape index (κ3) is 2.77. The van der Waals surface area contributed by atoms with E-state index in [1.165, 1.54) is 32.5 Å². The molecule has 1 saturated heterocycles. The molecule has 1 atom stereocenters. The maximum Gasteiger partial charge on any atom is 0.0720 e. The normalized spacial score (nSPS) is 26.2. The van der Waals surface area contributed by atoms with Crippen molar-refractivity contribution >= 4 is 0 Å². The molecule has 0 aromatic carbocycles. The topological polar surface area (TPSA) is 38.5 Å². The Labute approximate surface area is 68.5 Å². The minimum Gasteiger partial charge on any atom is -0.304 e. The van der Waals surface area contributed by atoms with Crippen molar-refractivity contribution in [3.63, 3.8) is 0 Å². The lowest BCUT2D eigenvalue weighted by atomic mass is 10.1. The first-order valence-electron chi connectivity index (χ1n) is 4.40. The first-order chi connectivity index (χ1) is 5.36. The molecule has 3 heteroatoms.